The molecule has 0 aliphatic rings. The number of nitro groups is 1. The summed E-state index contributed by atoms with van der Waals surface area (Å²) in [4.78, 5) is 10.9. The molecule has 1 heterocycles. The van der Waals surface area contributed by atoms with Crippen LogP contribution in [0.25, 0.3) is 27.8 Å². The van der Waals surface area contributed by atoms with Crippen molar-refractivity contribution in [2.75, 3.05) is 5.43 Å². The smallest absolute Gasteiger partial charge is 0.294 e. The fourth-order valence-electron chi connectivity index (χ4n) is 4.02. The molecule has 6 heteroatoms. The Bertz CT molecular complexity index is 1460. The Balaban J connectivity index is 1.69. The third-order valence-corrected chi connectivity index (χ3v) is 5.45. The highest BCUT2D eigenvalue weighted by Crippen LogP contribution is 2.35. The van der Waals surface area contributed by atoms with Gasteiger partial charge in [-0.1, -0.05) is 78.9 Å². The molecule has 1 aromatic heterocycles. The molecule has 0 bridgehead atoms. The molecule has 33 heavy (non-hydrogen) atoms. The van der Waals surface area contributed by atoms with Crippen molar-refractivity contribution < 1.29 is 4.92 Å². The number of hydrogen-bond donors (Lipinski definition) is 1. The van der Waals surface area contributed by atoms with Crippen molar-refractivity contribution in [1.82, 2.24) is 4.57 Å². The van der Waals surface area contributed by atoms with E-state index in [1.165, 1.54) is 6.07 Å². The molecular weight excluding hydrogens is 412 g/mol. The lowest BCUT2D eigenvalue weighted by atomic mass is 10.1. The van der Waals surface area contributed by atoms with E-state index in [1.807, 2.05) is 48.5 Å². The normalized spacial score (nSPS) is 11.2. The van der Waals surface area contributed by atoms with Gasteiger partial charge in [0.1, 0.15) is 5.69 Å². The summed E-state index contributed by atoms with van der Waals surface area (Å²) in [6, 6.07) is 35.0. The quantitative estimate of drug-likeness (QED) is 0.185. The maximum Gasteiger partial charge on any atom is 0.294 e. The first-order valence-corrected chi connectivity index (χ1v) is 10.5. The Labute approximate surface area is 190 Å². The summed E-state index contributed by atoms with van der Waals surface area (Å²) in [7, 11) is 0. The van der Waals surface area contributed by atoms with Crippen LogP contribution in [0.5, 0.6) is 0 Å². The highest BCUT2D eigenvalue weighted by Gasteiger charge is 2.18. The van der Waals surface area contributed by atoms with E-state index < -0.39 is 4.92 Å². The summed E-state index contributed by atoms with van der Waals surface area (Å²) >= 11 is 0. The zero-order valence-corrected chi connectivity index (χ0v) is 17.6. The Morgan fingerprint density at radius 2 is 1.42 bits per heavy atom. The van der Waals surface area contributed by atoms with E-state index in [9.17, 15) is 10.1 Å². The number of para-hydroxylation sites is 4. The molecule has 5 aromatic rings. The van der Waals surface area contributed by atoms with E-state index in [4.69, 9.17) is 0 Å². The topological polar surface area (TPSA) is 72.5 Å². The van der Waals surface area contributed by atoms with Crippen molar-refractivity contribution in [2.24, 2.45) is 5.10 Å². The average Bonchev–Trinajstić information content (AvgIpc) is 3.19. The highest BCUT2D eigenvalue weighted by molar-refractivity contribution is 6.07. The standard InChI is InChI=1S/C27H20N4O2/c32-31(33)26-18-10-8-16-24(26)29-28-19-23-22-15-7-9-17-25(22)30(21-13-5-2-6-14-21)27(23)20-11-3-1-4-12-20/h1-19,29H/b28-19+. The molecule has 0 amide bonds. The van der Waals surface area contributed by atoms with Crippen molar-refractivity contribution in [3.63, 3.8) is 0 Å². The summed E-state index contributed by atoms with van der Waals surface area (Å²) in [5.74, 6) is 0. The highest BCUT2D eigenvalue weighted by atomic mass is 16.6. The van der Waals surface area contributed by atoms with Crippen molar-refractivity contribution in [3.05, 3.63) is 125 Å². The summed E-state index contributed by atoms with van der Waals surface area (Å²) in [6.45, 7) is 0. The minimum Gasteiger partial charge on any atom is -0.309 e. The molecule has 0 fully saturated rings. The van der Waals surface area contributed by atoms with Gasteiger partial charge in [-0.25, -0.2) is 0 Å². The fraction of sp³-hybridized carbons (Fsp3) is 0. The van der Waals surface area contributed by atoms with Gasteiger partial charge >= 0.3 is 0 Å². The molecule has 6 nitrogen and oxygen atoms in total. The lowest BCUT2D eigenvalue weighted by molar-refractivity contribution is -0.384. The molecule has 0 saturated heterocycles. The molecule has 0 radical (unpaired) electrons. The zero-order chi connectivity index (χ0) is 22.6. The first-order chi connectivity index (χ1) is 16.2. The van der Waals surface area contributed by atoms with Gasteiger partial charge in [-0.3, -0.25) is 15.5 Å². The van der Waals surface area contributed by atoms with Crippen molar-refractivity contribution in [2.45, 2.75) is 0 Å². The van der Waals surface area contributed by atoms with E-state index in [1.54, 1.807) is 24.4 Å². The summed E-state index contributed by atoms with van der Waals surface area (Å²) in [6.07, 6.45) is 1.74. The minimum absolute atomic E-state index is 0.0235. The van der Waals surface area contributed by atoms with Gasteiger partial charge in [-0.2, -0.15) is 5.10 Å². The molecule has 0 unspecified atom stereocenters. The number of fused-ring (bicyclic) bond motifs is 1. The van der Waals surface area contributed by atoms with Gasteiger partial charge < -0.3 is 4.57 Å². The Morgan fingerprint density at radius 1 is 0.788 bits per heavy atom. The van der Waals surface area contributed by atoms with Gasteiger partial charge in [-0.15, -0.1) is 0 Å². The van der Waals surface area contributed by atoms with Crippen LogP contribution in [0.2, 0.25) is 0 Å². The number of hydrazone groups is 1. The molecular formula is C27H20N4O2. The number of nitrogens with one attached hydrogen (secondary N) is 1. The number of aromatic nitrogens is 1. The number of benzene rings is 4. The van der Waals surface area contributed by atoms with Crippen molar-refractivity contribution in [3.8, 4) is 16.9 Å². The first-order valence-electron chi connectivity index (χ1n) is 10.5. The second-order valence-corrected chi connectivity index (χ2v) is 7.46. The van der Waals surface area contributed by atoms with Gasteiger partial charge in [0.05, 0.1) is 22.3 Å². The van der Waals surface area contributed by atoms with E-state index >= 15 is 0 Å². The van der Waals surface area contributed by atoms with Gasteiger partial charge in [0.25, 0.3) is 5.69 Å². The minimum atomic E-state index is -0.422. The molecule has 0 spiro atoms. The summed E-state index contributed by atoms with van der Waals surface area (Å²) in [5.41, 5.74) is 8.23. The average molecular weight is 432 g/mol. The zero-order valence-electron chi connectivity index (χ0n) is 17.6. The van der Waals surface area contributed by atoms with Crippen LogP contribution in [0.1, 0.15) is 5.56 Å². The maximum atomic E-state index is 11.3. The molecule has 0 aliphatic heterocycles. The molecule has 0 aliphatic carbocycles. The molecule has 1 N–H and O–H groups in total. The monoisotopic (exact) mass is 432 g/mol. The maximum absolute atomic E-state index is 11.3. The summed E-state index contributed by atoms with van der Waals surface area (Å²) < 4.78 is 2.22. The second kappa shape index (κ2) is 8.80. The van der Waals surface area contributed by atoms with Crippen molar-refractivity contribution >= 4 is 28.5 Å². The SMILES string of the molecule is O=[N+]([O-])c1ccccc1N/N=C/c1c(-c2ccccc2)n(-c2ccccc2)c2ccccc12. The van der Waals surface area contributed by atoms with Crippen LogP contribution in [-0.4, -0.2) is 15.7 Å². The third-order valence-electron chi connectivity index (χ3n) is 5.45. The third kappa shape index (κ3) is 3.85. The number of hydrogen-bond acceptors (Lipinski definition) is 4. The molecule has 0 saturated carbocycles. The van der Waals surface area contributed by atoms with Gasteiger partial charge in [0, 0.05) is 22.7 Å². The number of rotatable bonds is 6. The first kappa shape index (κ1) is 20.2. The molecule has 0 atom stereocenters. The summed E-state index contributed by atoms with van der Waals surface area (Å²) in [5, 5.41) is 16.8. The number of anilines is 1. The Kier molecular flexibility index (Phi) is 5.39. The van der Waals surface area contributed by atoms with Gasteiger partial charge in [0.15, 0.2) is 0 Å². The second-order valence-electron chi connectivity index (χ2n) is 7.46. The Hall–Kier alpha value is -4.71. The van der Waals surface area contributed by atoms with Crippen molar-refractivity contribution in [1.29, 1.82) is 0 Å². The van der Waals surface area contributed by atoms with Crippen LogP contribution in [-0.2, 0) is 0 Å². The lowest BCUT2D eigenvalue weighted by Gasteiger charge is -2.12. The van der Waals surface area contributed by atoms with Crippen LogP contribution in [0.15, 0.2) is 114 Å². The number of nitrogens with zero attached hydrogens (tertiary/aromatic N) is 3. The predicted molar refractivity (Wildman–Crippen MR) is 133 cm³/mol. The molecule has 4 aromatic carbocycles. The molecule has 5 rings (SSSR count). The lowest BCUT2D eigenvalue weighted by Crippen LogP contribution is -1.99. The largest absolute Gasteiger partial charge is 0.309 e. The van der Waals surface area contributed by atoms with Crippen LogP contribution < -0.4 is 5.43 Å². The van der Waals surface area contributed by atoms with Crippen LogP contribution >= 0.6 is 0 Å². The van der Waals surface area contributed by atoms with E-state index in [2.05, 4.69) is 51.5 Å². The van der Waals surface area contributed by atoms with E-state index in [0.717, 1.165) is 33.4 Å². The molecule has 160 valence electrons. The van der Waals surface area contributed by atoms with Gasteiger partial charge in [-0.05, 0) is 29.8 Å². The van der Waals surface area contributed by atoms with Crippen LogP contribution in [0.4, 0.5) is 11.4 Å². The number of nitro benzene ring substituents is 1. The van der Waals surface area contributed by atoms with Crippen LogP contribution in [0, 0.1) is 10.1 Å². The van der Waals surface area contributed by atoms with Gasteiger partial charge in [0.2, 0.25) is 0 Å². The van der Waals surface area contributed by atoms with Crippen LogP contribution in [0.3, 0.4) is 0 Å². The van der Waals surface area contributed by atoms with E-state index in [-0.39, 0.29) is 5.69 Å². The predicted octanol–water partition coefficient (Wildman–Crippen LogP) is 6.65. The van der Waals surface area contributed by atoms with E-state index in [0.29, 0.717) is 5.69 Å². The Morgan fingerprint density at radius 3 is 2.18 bits per heavy atom. The fourth-order valence-corrected chi connectivity index (χ4v) is 4.02.